The third-order valence-corrected chi connectivity index (χ3v) is 4.64. The number of aryl methyl sites for hydroxylation is 2. The first-order valence-corrected chi connectivity index (χ1v) is 9.80. The van der Waals surface area contributed by atoms with Gasteiger partial charge in [-0.15, -0.1) is 0 Å². The monoisotopic (exact) mass is 395 g/mol. The number of nitrogens with one attached hydrogen (secondary N) is 2. The van der Waals surface area contributed by atoms with Crippen LogP contribution >= 0.6 is 0 Å². The minimum atomic E-state index is -1.07. The molecule has 0 saturated carbocycles. The zero-order valence-electron chi connectivity index (χ0n) is 17.4. The van der Waals surface area contributed by atoms with Crippen molar-refractivity contribution in [3.8, 4) is 5.69 Å². The second-order valence-corrected chi connectivity index (χ2v) is 7.28. The molecule has 3 aromatic rings. The van der Waals surface area contributed by atoms with Crippen LogP contribution in [0.2, 0.25) is 0 Å². The van der Waals surface area contributed by atoms with E-state index < -0.39 is 5.60 Å². The Balaban J connectivity index is 1.66. The molecule has 7 nitrogen and oxygen atoms in total. The summed E-state index contributed by atoms with van der Waals surface area (Å²) in [4.78, 5) is 4.62. The van der Waals surface area contributed by atoms with Crippen LogP contribution in [0.3, 0.4) is 0 Å². The van der Waals surface area contributed by atoms with Gasteiger partial charge in [-0.2, -0.15) is 5.10 Å². The molecule has 1 aromatic carbocycles. The van der Waals surface area contributed by atoms with Crippen molar-refractivity contribution in [1.29, 1.82) is 0 Å². The summed E-state index contributed by atoms with van der Waals surface area (Å²) in [6.45, 7) is 9.02. The molecule has 0 spiro atoms. The summed E-state index contributed by atoms with van der Waals surface area (Å²) < 4.78 is 7.39. The Bertz CT molecular complexity index is 957. The molecule has 2 aromatic heterocycles. The van der Waals surface area contributed by atoms with Crippen LogP contribution < -0.4 is 10.6 Å². The number of furan rings is 1. The highest BCUT2D eigenvalue weighted by molar-refractivity contribution is 5.79. The molecule has 0 aliphatic carbocycles. The normalized spacial score (nSPS) is 13.9. The van der Waals surface area contributed by atoms with Gasteiger partial charge in [-0.1, -0.05) is 18.2 Å². The second kappa shape index (κ2) is 8.96. The van der Waals surface area contributed by atoms with E-state index in [-0.39, 0.29) is 0 Å². The van der Waals surface area contributed by atoms with Gasteiger partial charge in [-0.3, -0.25) is 0 Å². The predicted molar refractivity (Wildman–Crippen MR) is 114 cm³/mol. The number of para-hydroxylation sites is 1. The average molecular weight is 396 g/mol. The van der Waals surface area contributed by atoms with E-state index in [0.717, 1.165) is 34.9 Å². The van der Waals surface area contributed by atoms with Crippen LogP contribution in [0.4, 0.5) is 0 Å². The fourth-order valence-electron chi connectivity index (χ4n) is 3.19. The molecule has 0 aliphatic rings. The minimum absolute atomic E-state index is 0.307. The molecule has 0 saturated heterocycles. The molecule has 0 aliphatic heterocycles. The number of aromatic nitrogens is 2. The van der Waals surface area contributed by atoms with Crippen molar-refractivity contribution in [3.05, 3.63) is 71.4 Å². The van der Waals surface area contributed by atoms with Gasteiger partial charge in [0.2, 0.25) is 0 Å². The molecule has 0 fully saturated rings. The molecule has 2 heterocycles. The Hall–Kier alpha value is -3.06. The molecule has 0 radical (unpaired) electrons. The number of rotatable bonds is 7. The van der Waals surface area contributed by atoms with E-state index in [0.29, 0.717) is 19.0 Å². The Kier molecular flexibility index (Phi) is 6.39. The van der Waals surface area contributed by atoms with Gasteiger partial charge in [0.05, 0.1) is 25.0 Å². The van der Waals surface area contributed by atoms with Gasteiger partial charge in [0.15, 0.2) is 5.96 Å². The van der Waals surface area contributed by atoms with E-state index >= 15 is 0 Å². The fraction of sp³-hybridized carbons (Fsp3) is 0.364. The van der Waals surface area contributed by atoms with E-state index in [2.05, 4.69) is 20.7 Å². The van der Waals surface area contributed by atoms with E-state index in [1.807, 2.05) is 74.2 Å². The van der Waals surface area contributed by atoms with Crippen molar-refractivity contribution in [1.82, 2.24) is 20.4 Å². The summed E-state index contributed by atoms with van der Waals surface area (Å²) in [5, 5.41) is 21.7. The van der Waals surface area contributed by atoms with Crippen molar-refractivity contribution < 1.29 is 9.52 Å². The van der Waals surface area contributed by atoms with Crippen LogP contribution in [0.1, 0.15) is 36.5 Å². The molecule has 7 heteroatoms. The lowest BCUT2D eigenvalue weighted by Crippen LogP contribution is -2.44. The van der Waals surface area contributed by atoms with Crippen LogP contribution in [0.15, 0.2) is 58.2 Å². The molecule has 0 amide bonds. The summed E-state index contributed by atoms with van der Waals surface area (Å²) in [6.07, 6.45) is 3.78. The largest absolute Gasteiger partial charge is 0.466 e. The van der Waals surface area contributed by atoms with Crippen LogP contribution in [0.5, 0.6) is 0 Å². The first-order valence-electron chi connectivity index (χ1n) is 9.80. The van der Waals surface area contributed by atoms with Crippen LogP contribution in [-0.4, -0.2) is 33.9 Å². The lowest BCUT2D eigenvalue weighted by Gasteiger charge is -2.24. The Morgan fingerprint density at radius 3 is 2.66 bits per heavy atom. The SMILES string of the molecule is CCNC(=NCc1cnn(-c2ccccc2)c1)NCC(C)(O)c1cc(C)oc1C. The molecule has 1 unspecified atom stereocenters. The third-order valence-electron chi connectivity index (χ3n) is 4.64. The highest BCUT2D eigenvalue weighted by atomic mass is 16.3. The standard InChI is InChI=1S/C22H29N5O2/c1-5-23-21(25-15-22(4,28)20-11-16(2)29-17(20)3)24-12-18-13-26-27(14-18)19-9-7-6-8-10-19/h6-11,13-14,28H,5,12,15H2,1-4H3,(H2,23,24,25). The van der Waals surface area contributed by atoms with Gasteiger partial charge in [0.1, 0.15) is 17.1 Å². The van der Waals surface area contributed by atoms with Crippen LogP contribution in [0.25, 0.3) is 5.69 Å². The quantitative estimate of drug-likeness (QED) is 0.423. The average Bonchev–Trinajstić information content (AvgIpc) is 3.31. The summed E-state index contributed by atoms with van der Waals surface area (Å²) in [5.41, 5.74) is 1.71. The lowest BCUT2D eigenvalue weighted by atomic mass is 9.96. The number of benzene rings is 1. The van der Waals surface area contributed by atoms with E-state index in [4.69, 9.17) is 4.42 Å². The maximum absolute atomic E-state index is 10.9. The van der Waals surface area contributed by atoms with Crippen LogP contribution in [-0.2, 0) is 12.1 Å². The van der Waals surface area contributed by atoms with Crippen molar-refractivity contribution in [2.24, 2.45) is 4.99 Å². The fourth-order valence-corrected chi connectivity index (χ4v) is 3.19. The Morgan fingerprint density at radius 1 is 1.24 bits per heavy atom. The molecule has 3 rings (SSSR count). The molecule has 0 bridgehead atoms. The summed E-state index contributed by atoms with van der Waals surface area (Å²) >= 11 is 0. The summed E-state index contributed by atoms with van der Waals surface area (Å²) in [6, 6.07) is 11.8. The van der Waals surface area contributed by atoms with Gasteiger partial charge in [-0.05, 0) is 45.9 Å². The maximum Gasteiger partial charge on any atom is 0.191 e. The zero-order chi connectivity index (χ0) is 20.9. The first-order chi connectivity index (χ1) is 13.9. The van der Waals surface area contributed by atoms with Crippen LogP contribution in [0, 0.1) is 13.8 Å². The highest BCUT2D eigenvalue weighted by Crippen LogP contribution is 2.26. The topological polar surface area (TPSA) is 87.6 Å². The van der Waals surface area contributed by atoms with E-state index in [1.165, 1.54) is 0 Å². The predicted octanol–water partition coefficient (Wildman–Crippen LogP) is 3.04. The summed E-state index contributed by atoms with van der Waals surface area (Å²) in [7, 11) is 0. The molecule has 154 valence electrons. The van der Waals surface area contributed by atoms with Gasteiger partial charge < -0.3 is 20.2 Å². The zero-order valence-corrected chi connectivity index (χ0v) is 17.4. The number of hydrogen-bond donors (Lipinski definition) is 3. The number of hydrogen-bond acceptors (Lipinski definition) is 4. The minimum Gasteiger partial charge on any atom is -0.466 e. The molecule has 1 atom stereocenters. The molecule has 29 heavy (non-hydrogen) atoms. The number of aliphatic imine (C=N–C) groups is 1. The Morgan fingerprint density at radius 2 is 2.00 bits per heavy atom. The number of aliphatic hydroxyl groups is 1. The Labute approximate surface area is 171 Å². The smallest absolute Gasteiger partial charge is 0.191 e. The lowest BCUT2D eigenvalue weighted by molar-refractivity contribution is 0.0601. The van der Waals surface area contributed by atoms with Crippen molar-refractivity contribution in [2.45, 2.75) is 39.8 Å². The molecular formula is C22H29N5O2. The highest BCUT2D eigenvalue weighted by Gasteiger charge is 2.27. The third kappa shape index (κ3) is 5.26. The van der Waals surface area contributed by atoms with Gasteiger partial charge >= 0.3 is 0 Å². The number of guanidine groups is 1. The second-order valence-electron chi connectivity index (χ2n) is 7.28. The number of nitrogens with zero attached hydrogens (tertiary/aromatic N) is 3. The molecular weight excluding hydrogens is 366 g/mol. The van der Waals surface area contributed by atoms with E-state index in [9.17, 15) is 5.11 Å². The summed E-state index contributed by atoms with van der Waals surface area (Å²) in [5.74, 6) is 2.15. The van der Waals surface area contributed by atoms with Crippen molar-refractivity contribution in [2.75, 3.05) is 13.1 Å². The first kappa shape index (κ1) is 20.7. The van der Waals surface area contributed by atoms with Crippen molar-refractivity contribution >= 4 is 5.96 Å². The van der Waals surface area contributed by atoms with Gasteiger partial charge in [0.25, 0.3) is 0 Å². The van der Waals surface area contributed by atoms with Crippen molar-refractivity contribution in [3.63, 3.8) is 0 Å². The van der Waals surface area contributed by atoms with Gasteiger partial charge in [0, 0.05) is 23.9 Å². The maximum atomic E-state index is 10.9. The van der Waals surface area contributed by atoms with Gasteiger partial charge in [-0.25, -0.2) is 9.67 Å². The van der Waals surface area contributed by atoms with E-state index in [1.54, 1.807) is 6.92 Å². The molecule has 3 N–H and O–H groups in total.